The summed E-state index contributed by atoms with van der Waals surface area (Å²) < 4.78 is 0. The molecule has 3 aliphatic rings. The Hall–Kier alpha value is -0.290. The molecule has 0 amide bonds. The topological polar surface area (TPSA) is 23.8 Å². The second-order valence-corrected chi connectivity index (χ2v) is 7.38. The van der Waals surface area contributed by atoms with Gasteiger partial charge in [0.05, 0.1) is 12.0 Å². The van der Waals surface area contributed by atoms with Crippen LogP contribution in [0.15, 0.2) is 11.1 Å². The van der Waals surface area contributed by atoms with E-state index < -0.39 is 0 Å². The van der Waals surface area contributed by atoms with Gasteiger partial charge in [0.15, 0.2) is 0 Å². The van der Waals surface area contributed by atoms with Crippen LogP contribution in [0.4, 0.5) is 0 Å². The third-order valence-electron chi connectivity index (χ3n) is 5.30. The van der Waals surface area contributed by atoms with Crippen molar-refractivity contribution in [3.63, 3.8) is 0 Å². The first-order valence-electron chi connectivity index (χ1n) is 6.96. The quantitative estimate of drug-likeness (QED) is 0.479. The lowest BCUT2D eigenvalue weighted by atomic mass is 9.75. The fourth-order valence-corrected chi connectivity index (χ4v) is 5.09. The smallest absolute Gasteiger partial charge is 0.0659 e. The van der Waals surface area contributed by atoms with E-state index in [-0.39, 0.29) is 0 Å². The molecule has 0 aromatic rings. The lowest BCUT2D eigenvalue weighted by molar-refractivity contribution is 0.252. The molecule has 17 heavy (non-hydrogen) atoms. The van der Waals surface area contributed by atoms with Crippen molar-refractivity contribution in [3.05, 3.63) is 11.1 Å². The van der Waals surface area contributed by atoms with Crippen molar-refractivity contribution in [2.24, 2.45) is 23.7 Å². The summed E-state index contributed by atoms with van der Waals surface area (Å²) in [4.78, 5) is 0.735. The fraction of sp³-hybridized carbons (Fsp3) is 0.800. The summed E-state index contributed by atoms with van der Waals surface area (Å²) in [5.41, 5.74) is 3.45. The van der Waals surface area contributed by atoms with Gasteiger partial charge in [-0.05, 0) is 56.3 Å². The van der Waals surface area contributed by atoms with Gasteiger partial charge in [0.2, 0.25) is 0 Å². The Morgan fingerprint density at radius 2 is 2.06 bits per heavy atom. The minimum Gasteiger partial charge on any atom is -0.198 e. The van der Waals surface area contributed by atoms with Crippen LogP contribution in [0, 0.1) is 35.0 Å². The molecular formula is C15H20BrN. The van der Waals surface area contributed by atoms with Crippen LogP contribution in [-0.4, -0.2) is 4.83 Å². The number of nitriles is 1. The van der Waals surface area contributed by atoms with Gasteiger partial charge in [0.1, 0.15) is 0 Å². The molecule has 1 saturated carbocycles. The van der Waals surface area contributed by atoms with E-state index in [4.69, 9.17) is 5.26 Å². The minimum atomic E-state index is 0.302. The zero-order valence-electron chi connectivity index (χ0n) is 10.5. The maximum absolute atomic E-state index is 9.12. The van der Waals surface area contributed by atoms with E-state index in [9.17, 15) is 0 Å². The number of allylic oxidation sites excluding steroid dienone is 2. The van der Waals surface area contributed by atoms with Gasteiger partial charge in [-0.2, -0.15) is 5.26 Å². The summed E-state index contributed by atoms with van der Waals surface area (Å²) in [6.45, 7) is 2.41. The van der Waals surface area contributed by atoms with Crippen molar-refractivity contribution in [3.8, 4) is 6.07 Å². The molecule has 0 radical (unpaired) electrons. The van der Waals surface area contributed by atoms with Crippen molar-refractivity contribution >= 4 is 15.9 Å². The van der Waals surface area contributed by atoms with Gasteiger partial charge in [-0.25, -0.2) is 0 Å². The Morgan fingerprint density at radius 3 is 2.82 bits per heavy atom. The summed E-state index contributed by atoms with van der Waals surface area (Å²) in [5, 5.41) is 9.12. The molecule has 1 fully saturated rings. The predicted octanol–water partition coefficient (Wildman–Crippen LogP) is 4.44. The summed E-state index contributed by atoms with van der Waals surface area (Å²) in [5.74, 6) is 2.78. The van der Waals surface area contributed by atoms with E-state index in [1.165, 1.54) is 25.7 Å². The Labute approximate surface area is 112 Å². The highest BCUT2D eigenvalue weighted by Crippen LogP contribution is 2.54. The highest BCUT2D eigenvalue weighted by Gasteiger charge is 2.44. The molecule has 0 heterocycles. The Balaban J connectivity index is 1.86. The molecule has 2 heteroatoms. The van der Waals surface area contributed by atoms with Gasteiger partial charge in [0.25, 0.3) is 0 Å². The lowest BCUT2D eigenvalue weighted by Gasteiger charge is -2.33. The second-order valence-electron chi connectivity index (χ2n) is 6.09. The number of rotatable bonds is 0. The van der Waals surface area contributed by atoms with Gasteiger partial charge < -0.3 is 0 Å². The maximum Gasteiger partial charge on any atom is 0.0659 e. The predicted molar refractivity (Wildman–Crippen MR) is 72.7 cm³/mol. The van der Waals surface area contributed by atoms with Crippen LogP contribution >= 0.6 is 15.9 Å². The van der Waals surface area contributed by atoms with Gasteiger partial charge in [-0.1, -0.05) is 34.0 Å². The first kappa shape index (κ1) is 11.8. The zero-order chi connectivity index (χ0) is 12.0. The molecule has 5 unspecified atom stereocenters. The average molecular weight is 294 g/mol. The van der Waals surface area contributed by atoms with E-state index in [1.807, 2.05) is 0 Å². The molecule has 0 saturated heterocycles. The van der Waals surface area contributed by atoms with Crippen LogP contribution in [0.2, 0.25) is 0 Å². The molecular weight excluding hydrogens is 274 g/mol. The summed E-state index contributed by atoms with van der Waals surface area (Å²) in [7, 11) is 0. The summed E-state index contributed by atoms with van der Waals surface area (Å²) in [6, 6.07) is 2.48. The number of nitrogens with zero attached hydrogens (tertiary/aromatic N) is 1. The van der Waals surface area contributed by atoms with Crippen molar-refractivity contribution in [2.45, 2.75) is 50.3 Å². The van der Waals surface area contributed by atoms with Gasteiger partial charge in [-0.15, -0.1) is 0 Å². The Morgan fingerprint density at radius 1 is 1.24 bits per heavy atom. The molecule has 0 aliphatic heterocycles. The number of hydrogen-bond donors (Lipinski definition) is 0. The van der Waals surface area contributed by atoms with Crippen LogP contribution < -0.4 is 0 Å². The van der Waals surface area contributed by atoms with Crippen LogP contribution in [-0.2, 0) is 0 Å². The first-order valence-corrected chi connectivity index (χ1v) is 7.87. The van der Waals surface area contributed by atoms with Crippen LogP contribution in [0.5, 0.6) is 0 Å². The number of alkyl halides is 1. The van der Waals surface area contributed by atoms with Crippen molar-refractivity contribution in [1.29, 1.82) is 5.26 Å². The molecule has 92 valence electrons. The monoisotopic (exact) mass is 293 g/mol. The molecule has 0 aromatic heterocycles. The molecule has 0 aromatic carbocycles. The van der Waals surface area contributed by atoms with E-state index >= 15 is 0 Å². The van der Waals surface area contributed by atoms with Crippen LogP contribution in [0.1, 0.15) is 45.4 Å². The van der Waals surface area contributed by atoms with Crippen molar-refractivity contribution < 1.29 is 0 Å². The van der Waals surface area contributed by atoms with Crippen LogP contribution in [0.3, 0.4) is 0 Å². The number of halogens is 1. The van der Waals surface area contributed by atoms with E-state index in [1.54, 1.807) is 11.1 Å². The molecule has 0 bridgehead atoms. The number of fused-ring (bicyclic) bond motifs is 2. The highest BCUT2D eigenvalue weighted by molar-refractivity contribution is 9.09. The highest BCUT2D eigenvalue weighted by atomic mass is 79.9. The van der Waals surface area contributed by atoms with E-state index in [2.05, 4.69) is 28.9 Å². The maximum atomic E-state index is 9.12. The SMILES string of the molecule is CC1C2=C(CCC(C#N)C2)C2CCC(Br)CC12. The average Bonchev–Trinajstić information content (AvgIpc) is 2.62. The molecule has 3 rings (SSSR count). The van der Waals surface area contributed by atoms with Gasteiger partial charge >= 0.3 is 0 Å². The normalized spacial score (nSPS) is 45.1. The number of hydrogen-bond acceptors (Lipinski definition) is 1. The van der Waals surface area contributed by atoms with Gasteiger partial charge in [-0.3, -0.25) is 0 Å². The third kappa shape index (κ3) is 1.87. The summed E-state index contributed by atoms with van der Waals surface area (Å²) in [6.07, 6.45) is 7.46. The Bertz CT molecular complexity index is 392. The molecule has 0 N–H and O–H groups in total. The van der Waals surface area contributed by atoms with E-state index in [0.29, 0.717) is 5.92 Å². The zero-order valence-corrected chi connectivity index (χ0v) is 12.0. The minimum absolute atomic E-state index is 0.302. The second kappa shape index (κ2) is 4.43. The standard InChI is InChI=1S/C15H20BrN/c1-9-14-6-10(8-17)2-4-12(14)13-5-3-11(16)7-15(9)13/h9-11,13,15H,2-7H2,1H3. The summed E-state index contributed by atoms with van der Waals surface area (Å²) >= 11 is 3.81. The molecule has 3 aliphatic carbocycles. The van der Waals surface area contributed by atoms with Crippen molar-refractivity contribution in [1.82, 2.24) is 0 Å². The third-order valence-corrected chi connectivity index (χ3v) is 6.13. The largest absolute Gasteiger partial charge is 0.198 e. The fourth-order valence-electron chi connectivity index (χ4n) is 4.40. The van der Waals surface area contributed by atoms with E-state index in [0.717, 1.165) is 35.4 Å². The lowest BCUT2D eigenvalue weighted by Crippen LogP contribution is -2.26. The van der Waals surface area contributed by atoms with Crippen LogP contribution in [0.25, 0.3) is 0 Å². The first-order chi connectivity index (χ1) is 8.20. The Kier molecular flexibility index (Phi) is 3.07. The van der Waals surface area contributed by atoms with Gasteiger partial charge in [0, 0.05) is 4.83 Å². The van der Waals surface area contributed by atoms with Crippen molar-refractivity contribution in [2.75, 3.05) is 0 Å². The molecule has 1 nitrogen and oxygen atoms in total. The molecule has 5 atom stereocenters. The molecule has 0 spiro atoms.